The number of para-hydroxylation sites is 1. The average Bonchev–Trinajstić information content (AvgIpc) is 3.49. The second-order valence-corrected chi connectivity index (χ2v) is 9.68. The van der Waals surface area contributed by atoms with Crippen LogP contribution >= 0.6 is 11.3 Å². The Labute approximate surface area is 202 Å². The number of rotatable bonds is 3. The first kappa shape index (κ1) is 19.3. The minimum Gasteiger partial charge on any atom is -0.309 e. The maximum Gasteiger partial charge on any atom is 0.0555 e. The van der Waals surface area contributed by atoms with Crippen molar-refractivity contribution in [2.24, 2.45) is 0 Å². The molecule has 0 aliphatic rings. The van der Waals surface area contributed by atoms with Crippen molar-refractivity contribution in [3.05, 3.63) is 127 Å². The third-order valence-electron chi connectivity index (χ3n) is 6.59. The molecule has 2 heteroatoms. The summed E-state index contributed by atoms with van der Waals surface area (Å²) in [7, 11) is 0. The van der Waals surface area contributed by atoms with E-state index in [0.29, 0.717) is 0 Å². The monoisotopic (exact) mass is 451 g/mol. The lowest BCUT2D eigenvalue weighted by Crippen LogP contribution is -1.94. The van der Waals surface area contributed by atoms with Crippen LogP contribution in [0.1, 0.15) is 0 Å². The van der Waals surface area contributed by atoms with E-state index in [0.717, 1.165) is 0 Å². The van der Waals surface area contributed by atoms with Gasteiger partial charge in [-0.25, -0.2) is 0 Å². The molecule has 0 aliphatic carbocycles. The summed E-state index contributed by atoms with van der Waals surface area (Å²) in [5, 5.41) is 3.94. The fourth-order valence-electron chi connectivity index (χ4n) is 5.03. The molecule has 5 aromatic carbocycles. The van der Waals surface area contributed by atoms with E-state index in [9.17, 15) is 0 Å². The van der Waals surface area contributed by atoms with Gasteiger partial charge in [-0.1, -0.05) is 97.1 Å². The summed E-state index contributed by atoms with van der Waals surface area (Å²) in [6, 6.07) is 45.8. The second kappa shape index (κ2) is 7.72. The third-order valence-corrected chi connectivity index (χ3v) is 7.81. The topological polar surface area (TPSA) is 4.93 Å². The maximum absolute atomic E-state index is 2.42. The number of nitrogens with zero attached hydrogens (tertiary/aromatic N) is 1. The molecule has 0 aliphatic heterocycles. The highest BCUT2D eigenvalue weighted by Crippen LogP contribution is 2.42. The number of benzene rings is 5. The van der Waals surface area contributed by atoms with Crippen molar-refractivity contribution >= 4 is 43.2 Å². The summed E-state index contributed by atoms with van der Waals surface area (Å²) in [5.41, 5.74) is 7.42. The highest BCUT2D eigenvalue weighted by molar-refractivity contribution is 7.23. The Balaban J connectivity index is 1.52. The van der Waals surface area contributed by atoms with Gasteiger partial charge in [0, 0.05) is 26.0 Å². The van der Waals surface area contributed by atoms with Crippen LogP contribution in [0.4, 0.5) is 0 Å². The lowest BCUT2D eigenvalue weighted by Gasteiger charge is -2.10. The molecule has 34 heavy (non-hydrogen) atoms. The van der Waals surface area contributed by atoms with Crippen LogP contribution in [-0.4, -0.2) is 4.57 Å². The van der Waals surface area contributed by atoms with Crippen LogP contribution in [0.25, 0.3) is 59.1 Å². The minimum atomic E-state index is 1.19. The summed E-state index contributed by atoms with van der Waals surface area (Å²) in [5.74, 6) is 0. The highest BCUT2D eigenvalue weighted by Gasteiger charge is 2.17. The summed E-state index contributed by atoms with van der Waals surface area (Å²) in [6.07, 6.45) is 0. The predicted molar refractivity (Wildman–Crippen MR) is 147 cm³/mol. The Morgan fingerprint density at radius 2 is 1.21 bits per heavy atom. The van der Waals surface area contributed by atoms with Crippen molar-refractivity contribution in [3.63, 3.8) is 0 Å². The number of hydrogen-bond acceptors (Lipinski definition) is 1. The molecule has 0 saturated carbocycles. The lowest BCUT2D eigenvalue weighted by molar-refractivity contribution is 1.18. The van der Waals surface area contributed by atoms with Gasteiger partial charge in [0.15, 0.2) is 0 Å². The molecule has 0 N–H and O–H groups in total. The van der Waals surface area contributed by atoms with Crippen LogP contribution in [0, 0.1) is 0 Å². The van der Waals surface area contributed by atoms with Crippen molar-refractivity contribution < 1.29 is 0 Å². The van der Waals surface area contributed by atoms with E-state index < -0.39 is 0 Å². The smallest absolute Gasteiger partial charge is 0.0555 e. The Kier molecular flexibility index (Phi) is 4.39. The quantitative estimate of drug-likeness (QED) is 0.252. The summed E-state index contributed by atoms with van der Waals surface area (Å²) >= 11 is 1.89. The first-order valence-electron chi connectivity index (χ1n) is 11.5. The number of thiophene rings is 1. The zero-order valence-electron chi connectivity index (χ0n) is 18.5. The summed E-state index contributed by atoms with van der Waals surface area (Å²) in [4.78, 5) is 1.31. The fourth-order valence-corrected chi connectivity index (χ4v) is 6.25. The van der Waals surface area contributed by atoms with Gasteiger partial charge in [-0.15, -0.1) is 11.3 Å². The molecule has 0 fully saturated rings. The zero-order valence-corrected chi connectivity index (χ0v) is 19.3. The van der Waals surface area contributed by atoms with Crippen molar-refractivity contribution in [2.75, 3.05) is 0 Å². The van der Waals surface area contributed by atoms with Crippen molar-refractivity contribution in [1.82, 2.24) is 4.57 Å². The highest BCUT2D eigenvalue weighted by atomic mass is 32.1. The molecule has 0 spiro atoms. The number of hydrogen-bond donors (Lipinski definition) is 0. The van der Waals surface area contributed by atoms with Gasteiger partial charge in [0.1, 0.15) is 0 Å². The zero-order chi connectivity index (χ0) is 22.5. The standard InChI is InChI=1S/C32H21NS/c1-3-10-22(11-4-1)24-14-9-15-26(20-24)33-28-17-8-7-16-27(28)31-29(33)19-18-25-21-30(34-32(25)31)23-12-5-2-6-13-23/h1-21H. The van der Waals surface area contributed by atoms with Crippen LogP contribution in [0.5, 0.6) is 0 Å². The molecule has 0 atom stereocenters. The van der Waals surface area contributed by atoms with E-state index in [1.165, 1.54) is 59.1 Å². The van der Waals surface area contributed by atoms with Gasteiger partial charge < -0.3 is 4.57 Å². The van der Waals surface area contributed by atoms with Crippen LogP contribution in [0.2, 0.25) is 0 Å². The van der Waals surface area contributed by atoms with E-state index in [1.807, 2.05) is 11.3 Å². The molecule has 0 bridgehead atoms. The van der Waals surface area contributed by atoms with E-state index in [2.05, 4.69) is 132 Å². The van der Waals surface area contributed by atoms with Gasteiger partial charge in [0.2, 0.25) is 0 Å². The molecule has 0 amide bonds. The van der Waals surface area contributed by atoms with E-state index in [4.69, 9.17) is 0 Å². The summed E-state index contributed by atoms with van der Waals surface area (Å²) in [6.45, 7) is 0. The molecule has 2 heterocycles. The Morgan fingerprint density at radius 1 is 0.500 bits per heavy atom. The largest absolute Gasteiger partial charge is 0.309 e. The normalized spacial score (nSPS) is 11.5. The molecule has 0 radical (unpaired) electrons. The third kappa shape index (κ3) is 3.00. The maximum atomic E-state index is 2.42. The van der Waals surface area contributed by atoms with Gasteiger partial charge in [-0.3, -0.25) is 0 Å². The fraction of sp³-hybridized carbons (Fsp3) is 0. The number of aromatic nitrogens is 1. The molecule has 0 unspecified atom stereocenters. The van der Waals surface area contributed by atoms with Gasteiger partial charge in [-0.2, -0.15) is 0 Å². The lowest BCUT2D eigenvalue weighted by atomic mass is 10.1. The minimum absolute atomic E-state index is 1.19. The molecule has 7 rings (SSSR count). The first-order valence-corrected chi connectivity index (χ1v) is 12.4. The SMILES string of the molecule is c1ccc(-c2cccc(-n3c4ccccc4c4c5sc(-c6ccccc6)cc5ccc43)c2)cc1. The first-order chi connectivity index (χ1) is 16.9. The van der Waals surface area contributed by atoms with Gasteiger partial charge in [0.25, 0.3) is 0 Å². The van der Waals surface area contributed by atoms with Crippen LogP contribution in [0.15, 0.2) is 127 Å². The van der Waals surface area contributed by atoms with Crippen LogP contribution in [-0.2, 0) is 0 Å². The van der Waals surface area contributed by atoms with Crippen molar-refractivity contribution in [3.8, 4) is 27.3 Å². The second-order valence-electron chi connectivity index (χ2n) is 8.62. The van der Waals surface area contributed by atoms with Crippen molar-refractivity contribution in [1.29, 1.82) is 0 Å². The van der Waals surface area contributed by atoms with Crippen molar-refractivity contribution in [2.45, 2.75) is 0 Å². The Hall–Kier alpha value is -4.14. The summed E-state index contributed by atoms with van der Waals surface area (Å²) < 4.78 is 3.77. The van der Waals surface area contributed by atoms with E-state index >= 15 is 0 Å². The van der Waals surface area contributed by atoms with Gasteiger partial charge in [0.05, 0.1) is 11.0 Å². The molecule has 0 saturated heterocycles. The van der Waals surface area contributed by atoms with Crippen LogP contribution < -0.4 is 0 Å². The molecular weight excluding hydrogens is 430 g/mol. The predicted octanol–water partition coefficient (Wildman–Crippen LogP) is 9.33. The average molecular weight is 452 g/mol. The Bertz CT molecular complexity index is 1790. The van der Waals surface area contributed by atoms with E-state index in [-0.39, 0.29) is 0 Å². The van der Waals surface area contributed by atoms with Gasteiger partial charge in [-0.05, 0) is 52.4 Å². The molecule has 2 aromatic heterocycles. The molecule has 7 aromatic rings. The number of fused-ring (bicyclic) bond motifs is 5. The molecule has 1 nitrogen and oxygen atoms in total. The molecular formula is C32H21NS. The van der Waals surface area contributed by atoms with Gasteiger partial charge >= 0.3 is 0 Å². The van der Waals surface area contributed by atoms with E-state index in [1.54, 1.807) is 0 Å². The van der Waals surface area contributed by atoms with Crippen LogP contribution in [0.3, 0.4) is 0 Å². The molecule has 160 valence electrons. The Morgan fingerprint density at radius 3 is 2.03 bits per heavy atom.